The lowest BCUT2D eigenvalue weighted by molar-refractivity contribution is -0.136. The van der Waals surface area contributed by atoms with Crippen LogP contribution >= 0.6 is 0 Å². The van der Waals surface area contributed by atoms with Gasteiger partial charge in [0.2, 0.25) is 11.8 Å². The normalized spacial score (nSPS) is 15.3. The third-order valence-corrected chi connectivity index (χ3v) is 10.4. The van der Waals surface area contributed by atoms with Gasteiger partial charge in [0.25, 0.3) is 0 Å². The summed E-state index contributed by atoms with van der Waals surface area (Å²) >= 11 is 0. The molecule has 0 saturated carbocycles. The van der Waals surface area contributed by atoms with E-state index in [4.69, 9.17) is 14.5 Å². The van der Waals surface area contributed by atoms with Crippen LogP contribution in [0.3, 0.4) is 0 Å². The van der Waals surface area contributed by atoms with Crippen molar-refractivity contribution in [1.29, 1.82) is 0 Å². The average Bonchev–Trinajstić information content (AvgIpc) is 3.98. The molecular weight excluding hydrogens is 713 g/mol. The smallest absolute Gasteiger partial charge is 0.407 e. The van der Waals surface area contributed by atoms with E-state index >= 15 is 0 Å². The van der Waals surface area contributed by atoms with Crippen LogP contribution in [0, 0.1) is 11.8 Å². The Hall–Kier alpha value is -5.92. The molecule has 5 aromatic rings. The van der Waals surface area contributed by atoms with Crippen molar-refractivity contribution >= 4 is 45.5 Å². The fourth-order valence-electron chi connectivity index (χ4n) is 7.38. The van der Waals surface area contributed by atoms with Crippen LogP contribution in [-0.2, 0) is 25.6 Å². The van der Waals surface area contributed by atoms with Gasteiger partial charge in [-0.2, -0.15) is 0 Å². The SMILES string of the molecule is CCCN(Cc1ncc(-c2ccc3cc4cc(-c5cnc([C@@H]6CCCN6C(=O)[C@@H](NC(=O)OC)C(C)C)[nH]5)ccc4cc3c2)[nH]1)C(=O)[C@@H](NC(=O)OC)C(C)C. The first-order valence-electron chi connectivity index (χ1n) is 19.3. The molecule has 1 aliphatic rings. The summed E-state index contributed by atoms with van der Waals surface area (Å²) in [6.45, 7) is 11.0. The van der Waals surface area contributed by atoms with Gasteiger partial charge in [-0.3, -0.25) is 9.59 Å². The minimum Gasteiger partial charge on any atom is -0.453 e. The Morgan fingerprint density at radius 1 is 0.804 bits per heavy atom. The number of imidazole rings is 2. The van der Waals surface area contributed by atoms with Crippen molar-refractivity contribution in [3.8, 4) is 22.5 Å². The van der Waals surface area contributed by atoms with Crippen LogP contribution in [0.25, 0.3) is 44.1 Å². The molecule has 296 valence electrons. The zero-order valence-corrected chi connectivity index (χ0v) is 33.1. The molecule has 1 fully saturated rings. The zero-order valence-electron chi connectivity index (χ0n) is 33.1. The lowest BCUT2D eigenvalue weighted by Gasteiger charge is -2.30. The van der Waals surface area contributed by atoms with Gasteiger partial charge >= 0.3 is 12.2 Å². The number of aromatic nitrogens is 4. The molecule has 0 bridgehead atoms. The number of hydrogen-bond acceptors (Lipinski definition) is 8. The largest absolute Gasteiger partial charge is 0.453 e. The highest BCUT2D eigenvalue weighted by molar-refractivity contribution is 6.01. The Labute approximate surface area is 326 Å². The Morgan fingerprint density at radius 3 is 1.95 bits per heavy atom. The number of aromatic amines is 2. The van der Waals surface area contributed by atoms with E-state index in [9.17, 15) is 19.2 Å². The quantitative estimate of drug-likeness (QED) is 0.0934. The number of nitrogens with zero attached hydrogens (tertiary/aromatic N) is 4. The van der Waals surface area contributed by atoms with E-state index in [0.717, 1.165) is 69.1 Å². The van der Waals surface area contributed by atoms with Gasteiger partial charge < -0.3 is 39.9 Å². The summed E-state index contributed by atoms with van der Waals surface area (Å²) in [5, 5.41) is 9.70. The van der Waals surface area contributed by atoms with Crippen molar-refractivity contribution in [1.82, 2.24) is 40.4 Å². The number of carbonyl (C=O) groups is 4. The van der Waals surface area contributed by atoms with Crippen LogP contribution in [0.5, 0.6) is 0 Å². The number of rotatable bonds is 13. The van der Waals surface area contributed by atoms with Crippen molar-refractivity contribution < 1.29 is 28.7 Å². The second kappa shape index (κ2) is 17.3. The second-order valence-electron chi connectivity index (χ2n) is 15.1. The molecule has 0 aliphatic carbocycles. The van der Waals surface area contributed by atoms with Gasteiger partial charge in [-0.05, 0) is 76.9 Å². The zero-order chi connectivity index (χ0) is 40.1. The van der Waals surface area contributed by atoms with Gasteiger partial charge in [0.05, 0.1) is 50.6 Å². The summed E-state index contributed by atoms with van der Waals surface area (Å²) < 4.78 is 9.52. The highest BCUT2D eigenvalue weighted by Gasteiger charge is 2.37. The van der Waals surface area contributed by atoms with Crippen molar-refractivity contribution in [2.24, 2.45) is 11.8 Å². The number of carbonyl (C=O) groups excluding carboxylic acids is 4. The van der Waals surface area contributed by atoms with E-state index in [1.54, 1.807) is 11.1 Å². The maximum absolute atomic E-state index is 13.6. The Morgan fingerprint density at radius 2 is 1.38 bits per heavy atom. The molecule has 3 heterocycles. The maximum atomic E-state index is 13.6. The minimum absolute atomic E-state index is 0.109. The minimum atomic E-state index is -0.714. The third-order valence-electron chi connectivity index (χ3n) is 10.4. The fourth-order valence-corrected chi connectivity index (χ4v) is 7.38. The van der Waals surface area contributed by atoms with Crippen molar-refractivity contribution in [3.63, 3.8) is 0 Å². The van der Waals surface area contributed by atoms with Crippen LogP contribution in [0.1, 0.15) is 71.6 Å². The first kappa shape index (κ1) is 39.8. The number of nitrogens with one attached hydrogen (secondary N) is 4. The lowest BCUT2D eigenvalue weighted by Crippen LogP contribution is -2.51. The summed E-state index contributed by atoms with van der Waals surface area (Å²) in [4.78, 5) is 70.8. The van der Waals surface area contributed by atoms with Crippen LogP contribution < -0.4 is 10.6 Å². The highest BCUT2D eigenvalue weighted by atomic mass is 16.5. The predicted molar refractivity (Wildman–Crippen MR) is 214 cm³/mol. The number of fused-ring (bicyclic) bond motifs is 2. The maximum Gasteiger partial charge on any atom is 0.407 e. The Bertz CT molecular complexity index is 2210. The first-order valence-corrected chi connectivity index (χ1v) is 19.3. The van der Waals surface area contributed by atoms with Crippen molar-refractivity contribution in [2.45, 2.75) is 78.6 Å². The fraction of sp³-hybridized carbons (Fsp3) is 0.429. The third kappa shape index (κ3) is 8.64. The second-order valence-corrected chi connectivity index (χ2v) is 15.1. The van der Waals surface area contributed by atoms with Crippen molar-refractivity contribution in [3.05, 3.63) is 72.6 Å². The van der Waals surface area contributed by atoms with Crippen LogP contribution in [-0.4, -0.2) is 93.1 Å². The molecule has 3 aromatic carbocycles. The Balaban J connectivity index is 1.18. The Kier molecular flexibility index (Phi) is 12.3. The molecule has 0 unspecified atom stereocenters. The highest BCUT2D eigenvalue weighted by Crippen LogP contribution is 2.34. The summed E-state index contributed by atoms with van der Waals surface area (Å²) in [6, 6.07) is 15.3. The van der Waals surface area contributed by atoms with Gasteiger partial charge in [0.1, 0.15) is 23.7 Å². The van der Waals surface area contributed by atoms with E-state index in [-0.39, 0.29) is 36.2 Å². The molecule has 1 aliphatic heterocycles. The van der Waals surface area contributed by atoms with E-state index in [2.05, 4.69) is 74.1 Å². The molecule has 2 aromatic heterocycles. The monoisotopic (exact) mass is 764 g/mol. The number of ether oxygens (including phenoxy) is 2. The van der Waals surface area contributed by atoms with Crippen LogP contribution in [0.15, 0.2) is 60.9 Å². The van der Waals surface area contributed by atoms with Gasteiger partial charge in [-0.25, -0.2) is 19.6 Å². The molecule has 1 saturated heterocycles. The molecule has 4 N–H and O–H groups in total. The topological polar surface area (TPSA) is 175 Å². The molecule has 0 spiro atoms. The van der Waals surface area contributed by atoms with E-state index in [1.165, 1.54) is 14.2 Å². The summed E-state index contributed by atoms with van der Waals surface area (Å²) in [5.41, 5.74) is 3.65. The molecule has 6 rings (SSSR count). The number of alkyl carbamates (subject to hydrolysis) is 2. The molecule has 4 amide bonds. The van der Waals surface area contributed by atoms with Crippen LogP contribution in [0.2, 0.25) is 0 Å². The summed E-state index contributed by atoms with van der Waals surface area (Å²) in [5.74, 6) is 0.814. The van der Waals surface area contributed by atoms with Gasteiger partial charge in [-0.15, -0.1) is 0 Å². The molecule has 3 atom stereocenters. The standard InChI is InChI=1S/C42H52N8O6/c1-8-15-49(39(51)36(24(2)3)47-41(53)55-6)23-35-43-21-32(45-35)28-13-11-26-18-31-20-29(14-12-27(31)17-30(26)19-28)33-22-44-38(46-33)34-10-9-16-50(34)40(52)37(25(4)5)48-42(54)56-7/h11-14,17-22,24-25,34,36-37H,8-10,15-16,23H2,1-7H3,(H,43,45)(H,44,46)(H,47,53)(H,48,54)/t34-,36-,37-/m0/s1. The molecule has 56 heavy (non-hydrogen) atoms. The number of amides is 4. The number of likely N-dealkylation sites (tertiary alicyclic amines) is 1. The van der Waals surface area contributed by atoms with Gasteiger partial charge in [0.15, 0.2) is 0 Å². The molecular formula is C42H52N8O6. The number of H-pyrrole nitrogens is 2. The molecule has 14 heteroatoms. The summed E-state index contributed by atoms with van der Waals surface area (Å²) in [7, 11) is 2.57. The van der Waals surface area contributed by atoms with E-state index in [1.807, 2.05) is 45.7 Å². The van der Waals surface area contributed by atoms with E-state index in [0.29, 0.717) is 18.9 Å². The first-order chi connectivity index (χ1) is 26.9. The molecule has 14 nitrogen and oxygen atoms in total. The number of benzene rings is 3. The van der Waals surface area contributed by atoms with Gasteiger partial charge in [0, 0.05) is 24.2 Å². The lowest BCUT2D eigenvalue weighted by atomic mass is 9.99. The number of hydrogen-bond donors (Lipinski definition) is 4. The van der Waals surface area contributed by atoms with Crippen LogP contribution in [0.4, 0.5) is 9.59 Å². The van der Waals surface area contributed by atoms with Gasteiger partial charge in [-0.1, -0.05) is 58.9 Å². The average molecular weight is 765 g/mol. The predicted octanol–water partition coefficient (Wildman–Crippen LogP) is 6.94. The molecule has 0 radical (unpaired) electrons. The van der Waals surface area contributed by atoms with E-state index < -0.39 is 24.3 Å². The van der Waals surface area contributed by atoms with Crippen molar-refractivity contribution in [2.75, 3.05) is 27.3 Å². The number of methoxy groups -OCH3 is 2. The summed E-state index contributed by atoms with van der Waals surface area (Å²) in [6.07, 6.45) is 4.71.